The molecule has 1 amide bonds. The van der Waals surface area contributed by atoms with Crippen molar-refractivity contribution in [3.05, 3.63) is 77.1 Å². The van der Waals surface area contributed by atoms with Gasteiger partial charge in [0.15, 0.2) is 0 Å². The molecule has 26 heavy (non-hydrogen) atoms. The number of ether oxygens (including phenoxy) is 1. The molecule has 0 spiro atoms. The molecule has 0 saturated heterocycles. The topological polar surface area (TPSA) is 55.4 Å². The summed E-state index contributed by atoms with van der Waals surface area (Å²) in [6.45, 7) is 0. The standard InChI is InChI=1S/C19H16F3NO3/c1-26-19(25)16(9-5-8-12-6-3-2-4-7-12)23-18(24)17-14(21)10-13(20)11-15(17)22/h2-8,10-11,16H,9H2,1H3,(H,23,24)/b8-5+/t16-/m1/s1. The van der Waals surface area contributed by atoms with Crippen LogP contribution in [-0.4, -0.2) is 25.0 Å². The molecule has 2 aromatic rings. The molecule has 0 unspecified atom stereocenters. The van der Waals surface area contributed by atoms with Crippen molar-refractivity contribution >= 4 is 18.0 Å². The van der Waals surface area contributed by atoms with Crippen molar-refractivity contribution in [3.8, 4) is 0 Å². The van der Waals surface area contributed by atoms with Crippen LogP contribution < -0.4 is 5.32 Å². The second-order valence-corrected chi connectivity index (χ2v) is 5.34. The lowest BCUT2D eigenvalue weighted by Crippen LogP contribution is -2.41. The molecular weight excluding hydrogens is 347 g/mol. The van der Waals surface area contributed by atoms with Gasteiger partial charge in [-0.2, -0.15) is 0 Å². The highest BCUT2D eigenvalue weighted by molar-refractivity contribution is 5.97. The van der Waals surface area contributed by atoms with Crippen molar-refractivity contribution in [2.75, 3.05) is 7.11 Å². The van der Waals surface area contributed by atoms with Crippen molar-refractivity contribution < 1.29 is 27.5 Å². The molecule has 1 N–H and O–H groups in total. The van der Waals surface area contributed by atoms with E-state index in [2.05, 4.69) is 10.1 Å². The maximum Gasteiger partial charge on any atom is 0.328 e. The number of nitrogens with one attached hydrogen (secondary N) is 1. The quantitative estimate of drug-likeness (QED) is 0.800. The third-order valence-electron chi connectivity index (χ3n) is 3.51. The SMILES string of the molecule is COC(=O)[C@@H](C/C=C/c1ccccc1)NC(=O)c1c(F)cc(F)cc1F. The van der Waals surface area contributed by atoms with Gasteiger partial charge in [0.25, 0.3) is 5.91 Å². The summed E-state index contributed by atoms with van der Waals surface area (Å²) in [5, 5.41) is 2.20. The van der Waals surface area contributed by atoms with Crippen molar-refractivity contribution in [2.45, 2.75) is 12.5 Å². The van der Waals surface area contributed by atoms with Gasteiger partial charge in [0.1, 0.15) is 29.1 Å². The highest BCUT2D eigenvalue weighted by Gasteiger charge is 2.25. The highest BCUT2D eigenvalue weighted by atomic mass is 19.1. The summed E-state index contributed by atoms with van der Waals surface area (Å²) in [6.07, 6.45) is 3.38. The van der Waals surface area contributed by atoms with E-state index in [-0.39, 0.29) is 6.42 Å². The van der Waals surface area contributed by atoms with E-state index in [9.17, 15) is 22.8 Å². The van der Waals surface area contributed by atoms with Gasteiger partial charge in [0, 0.05) is 12.1 Å². The predicted molar refractivity (Wildman–Crippen MR) is 89.7 cm³/mol. The first-order chi connectivity index (χ1) is 12.4. The molecule has 4 nitrogen and oxygen atoms in total. The number of amides is 1. The first kappa shape index (κ1) is 19.2. The zero-order valence-corrected chi connectivity index (χ0v) is 13.8. The van der Waals surface area contributed by atoms with E-state index in [1.165, 1.54) is 0 Å². The van der Waals surface area contributed by atoms with E-state index >= 15 is 0 Å². The summed E-state index contributed by atoms with van der Waals surface area (Å²) in [5.74, 6) is -5.82. The minimum absolute atomic E-state index is 0.0394. The zero-order chi connectivity index (χ0) is 19.1. The molecule has 2 rings (SSSR count). The highest BCUT2D eigenvalue weighted by Crippen LogP contribution is 2.15. The molecule has 0 fully saturated rings. The third kappa shape index (κ3) is 4.95. The van der Waals surface area contributed by atoms with Gasteiger partial charge in [-0.1, -0.05) is 42.5 Å². The van der Waals surface area contributed by atoms with Crippen LogP contribution in [0.5, 0.6) is 0 Å². The molecule has 1 atom stereocenters. The van der Waals surface area contributed by atoms with Gasteiger partial charge in [-0.05, 0) is 12.0 Å². The van der Waals surface area contributed by atoms with Gasteiger partial charge in [0.2, 0.25) is 0 Å². The van der Waals surface area contributed by atoms with Gasteiger partial charge in [-0.3, -0.25) is 4.79 Å². The molecule has 2 aromatic carbocycles. The van der Waals surface area contributed by atoms with Crippen LogP contribution in [0.25, 0.3) is 6.08 Å². The van der Waals surface area contributed by atoms with Crippen LogP contribution in [0.2, 0.25) is 0 Å². The fourth-order valence-electron chi connectivity index (χ4n) is 2.25. The second-order valence-electron chi connectivity index (χ2n) is 5.34. The Morgan fingerprint density at radius 2 is 1.73 bits per heavy atom. The van der Waals surface area contributed by atoms with Gasteiger partial charge in [-0.15, -0.1) is 0 Å². The summed E-state index contributed by atoms with van der Waals surface area (Å²) in [6, 6.07) is 8.81. The molecule has 136 valence electrons. The first-order valence-electron chi connectivity index (χ1n) is 7.67. The summed E-state index contributed by atoms with van der Waals surface area (Å²) in [5.41, 5.74) is -0.0922. The molecular formula is C19H16F3NO3. The third-order valence-corrected chi connectivity index (χ3v) is 3.51. The van der Waals surface area contributed by atoms with Crippen LogP contribution in [-0.2, 0) is 9.53 Å². The molecule has 0 heterocycles. The maximum atomic E-state index is 13.7. The van der Waals surface area contributed by atoms with Gasteiger partial charge in [-0.25, -0.2) is 18.0 Å². The number of hydrogen-bond donors (Lipinski definition) is 1. The van der Waals surface area contributed by atoms with Gasteiger partial charge in [0.05, 0.1) is 7.11 Å². The van der Waals surface area contributed by atoms with Gasteiger partial charge < -0.3 is 10.1 Å². The Bertz CT molecular complexity index is 799. The smallest absolute Gasteiger partial charge is 0.328 e. The number of carbonyl (C=O) groups excluding carboxylic acids is 2. The van der Waals surface area contributed by atoms with Crippen LogP contribution in [0.15, 0.2) is 48.5 Å². The fourth-order valence-corrected chi connectivity index (χ4v) is 2.25. The van der Waals surface area contributed by atoms with Crippen molar-refractivity contribution in [1.82, 2.24) is 5.32 Å². The van der Waals surface area contributed by atoms with Crippen LogP contribution in [0.3, 0.4) is 0 Å². The summed E-state index contributed by atoms with van der Waals surface area (Å²) in [4.78, 5) is 23.9. The molecule has 0 saturated carbocycles. The van der Waals surface area contributed by atoms with E-state index in [4.69, 9.17) is 0 Å². The lowest BCUT2D eigenvalue weighted by Gasteiger charge is -2.15. The number of benzene rings is 2. The molecule has 7 heteroatoms. The van der Waals surface area contributed by atoms with E-state index < -0.39 is 40.9 Å². The largest absolute Gasteiger partial charge is 0.467 e. The van der Waals surface area contributed by atoms with E-state index in [1.807, 2.05) is 30.3 Å². The number of rotatable bonds is 6. The Morgan fingerprint density at radius 3 is 2.31 bits per heavy atom. The van der Waals surface area contributed by atoms with Crippen molar-refractivity contribution in [3.63, 3.8) is 0 Å². The number of halogens is 3. The summed E-state index contributed by atoms with van der Waals surface area (Å²) < 4.78 is 44.9. The maximum absolute atomic E-state index is 13.7. The number of carbonyl (C=O) groups is 2. The number of hydrogen-bond acceptors (Lipinski definition) is 3. The Morgan fingerprint density at radius 1 is 1.12 bits per heavy atom. The predicted octanol–water partition coefficient (Wildman–Crippen LogP) is 3.48. The minimum atomic E-state index is -1.36. The Hall–Kier alpha value is -3.09. The molecule has 0 aliphatic heterocycles. The number of methoxy groups -OCH3 is 1. The van der Waals surface area contributed by atoms with Crippen LogP contribution in [0, 0.1) is 17.5 Å². The number of esters is 1. The lowest BCUT2D eigenvalue weighted by molar-refractivity contribution is -0.142. The lowest BCUT2D eigenvalue weighted by atomic mass is 10.1. The molecule has 0 aliphatic carbocycles. The Labute approximate surface area is 148 Å². The molecule has 0 aromatic heterocycles. The molecule has 0 radical (unpaired) electrons. The Balaban J connectivity index is 2.14. The van der Waals surface area contributed by atoms with Crippen molar-refractivity contribution in [1.29, 1.82) is 0 Å². The average molecular weight is 363 g/mol. The monoisotopic (exact) mass is 363 g/mol. The van der Waals surface area contributed by atoms with E-state index in [0.717, 1.165) is 12.7 Å². The molecule has 0 bridgehead atoms. The average Bonchev–Trinajstić information content (AvgIpc) is 2.60. The minimum Gasteiger partial charge on any atom is -0.467 e. The zero-order valence-electron chi connectivity index (χ0n) is 13.8. The van der Waals surface area contributed by atoms with Crippen LogP contribution in [0.1, 0.15) is 22.3 Å². The van der Waals surface area contributed by atoms with E-state index in [0.29, 0.717) is 12.1 Å². The first-order valence-corrected chi connectivity index (χ1v) is 7.67. The Kier molecular flexibility index (Phi) is 6.54. The summed E-state index contributed by atoms with van der Waals surface area (Å²) >= 11 is 0. The molecule has 0 aliphatic rings. The fraction of sp³-hybridized carbons (Fsp3) is 0.158. The summed E-state index contributed by atoms with van der Waals surface area (Å²) in [7, 11) is 1.13. The van der Waals surface area contributed by atoms with Gasteiger partial charge >= 0.3 is 5.97 Å². The van der Waals surface area contributed by atoms with Crippen LogP contribution >= 0.6 is 0 Å². The van der Waals surface area contributed by atoms with E-state index in [1.54, 1.807) is 12.2 Å². The van der Waals surface area contributed by atoms with Crippen molar-refractivity contribution in [2.24, 2.45) is 0 Å². The second kappa shape index (κ2) is 8.84. The van der Waals surface area contributed by atoms with Crippen LogP contribution in [0.4, 0.5) is 13.2 Å². The normalized spacial score (nSPS) is 12.0.